The molecule has 5 aromatic carbocycles. The van der Waals surface area contributed by atoms with Gasteiger partial charge in [0.15, 0.2) is 0 Å². The standard InChI is InChI=1S/C40H43BO2/c1-3-5-7-9-15-37-29-39(34-20-16-31(17-21-34)30-13-10-8-11-14-30)36(12-6-4-2)28-40(37)35-22-18-32(19-23-35)33-24-26-38(27-25-33)41(42)43/h8,10-11,13-14,16-29,42-43H,3-7,9,12,15H2,1-2H3. The molecule has 43 heavy (non-hydrogen) atoms. The Kier molecular flexibility index (Phi) is 10.7. The van der Waals surface area contributed by atoms with Gasteiger partial charge in [0, 0.05) is 0 Å². The molecular weight excluding hydrogens is 523 g/mol. The molecule has 0 aromatic heterocycles. The average Bonchev–Trinajstić information content (AvgIpc) is 3.06. The van der Waals surface area contributed by atoms with Gasteiger partial charge in [-0.15, -0.1) is 0 Å². The molecule has 3 heteroatoms. The lowest BCUT2D eigenvalue weighted by atomic mass is 9.80. The van der Waals surface area contributed by atoms with E-state index in [-0.39, 0.29) is 0 Å². The first kappa shape index (κ1) is 30.5. The van der Waals surface area contributed by atoms with Crippen LogP contribution in [0.1, 0.15) is 63.5 Å². The van der Waals surface area contributed by atoms with E-state index < -0.39 is 7.12 Å². The zero-order valence-electron chi connectivity index (χ0n) is 25.6. The molecular formula is C40H43BO2. The maximum Gasteiger partial charge on any atom is 0.488 e. The van der Waals surface area contributed by atoms with Crippen LogP contribution in [0.15, 0.2) is 115 Å². The first-order chi connectivity index (χ1) is 21.1. The minimum Gasteiger partial charge on any atom is -0.423 e. The van der Waals surface area contributed by atoms with Gasteiger partial charge in [-0.2, -0.15) is 0 Å². The van der Waals surface area contributed by atoms with E-state index in [1.54, 1.807) is 12.1 Å². The van der Waals surface area contributed by atoms with Gasteiger partial charge in [0.25, 0.3) is 0 Å². The lowest BCUT2D eigenvalue weighted by Gasteiger charge is -2.18. The summed E-state index contributed by atoms with van der Waals surface area (Å²) in [5.41, 5.74) is 13.3. The highest BCUT2D eigenvalue weighted by atomic mass is 16.4. The smallest absolute Gasteiger partial charge is 0.423 e. The maximum atomic E-state index is 9.45. The third-order valence-corrected chi connectivity index (χ3v) is 8.47. The van der Waals surface area contributed by atoms with E-state index in [2.05, 4.69) is 105 Å². The van der Waals surface area contributed by atoms with Gasteiger partial charge in [0.05, 0.1) is 0 Å². The van der Waals surface area contributed by atoms with Crippen LogP contribution in [0.25, 0.3) is 44.5 Å². The van der Waals surface area contributed by atoms with Crippen molar-refractivity contribution in [3.63, 3.8) is 0 Å². The third kappa shape index (κ3) is 7.73. The number of benzene rings is 5. The molecule has 5 aromatic rings. The SMILES string of the molecule is CCCCCCc1cc(-c2ccc(-c3ccccc3)cc2)c(CCCC)cc1-c1ccc(-c2ccc(B(O)O)cc2)cc1. The molecule has 0 amide bonds. The number of rotatable bonds is 13. The Hall–Kier alpha value is -3.92. The van der Waals surface area contributed by atoms with Crippen LogP contribution < -0.4 is 5.46 Å². The Labute approximate surface area is 258 Å². The van der Waals surface area contributed by atoms with Crippen LogP contribution in [-0.4, -0.2) is 17.2 Å². The second-order valence-electron chi connectivity index (χ2n) is 11.6. The van der Waals surface area contributed by atoms with Gasteiger partial charge in [-0.25, -0.2) is 0 Å². The molecule has 0 aliphatic carbocycles. The van der Waals surface area contributed by atoms with Crippen LogP contribution >= 0.6 is 0 Å². The van der Waals surface area contributed by atoms with Crippen molar-refractivity contribution in [1.82, 2.24) is 0 Å². The van der Waals surface area contributed by atoms with Crippen molar-refractivity contribution >= 4 is 12.6 Å². The van der Waals surface area contributed by atoms with E-state index in [0.29, 0.717) is 5.46 Å². The molecule has 0 spiro atoms. The largest absolute Gasteiger partial charge is 0.488 e. The van der Waals surface area contributed by atoms with Gasteiger partial charge in [-0.1, -0.05) is 155 Å². The summed E-state index contributed by atoms with van der Waals surface area (Å²) in [6.07, 6.45) is 9.44. The molecule has 0 atom stereocenters. The van der Waals surface area contributed by atoms with Gasteiger partial charge in [-0.05, 0) is 86.8 Å². The topological polar surface area (TPSA) is 40.5 Å². The summed E-state index contributed by atoms with van der Waals surface area (Å²) in [5, 5.41) is 18.9. The molecule has 0 aliphatic heterocycles. The number of aryl methyl sites for hydroxylation is 2. The Morgan fingerprint density at radius 2 is 0.860 bits per heavy atom. The van der Waals surface area contributed by atoms with Crippen molar-refractivity contribution in [2.45, 2.75) is 65.2 Å². The molecule has 0 saturated carbocycles. The van der Waals surface area contributed by atoms with Gasteiger partial charge in [0.2, 0.25) is 0 Å². The van der Waals surface area contributed by atoms with E-state index in [9.17, 15) is 10.0 Å². The summed E-state index contributed by atoms with van der Waals surface area (Å²) >= 11 is 0. The second kappa shape index (κ2) is 15.0. The second-order valence-corrected chi connectivity index (χ2v) is 11.6. The average molecular weight is 567 g/mol. The molecule has 0 saturated heterocycles. The van der Waals surface area contributed by atoms with Crippen molar-refractivity contribution < 1.29 is 10.0 Å². The normalized spacial score (nSPS) is 11.1. The number of hydrogen-bond acceptors (Lipinski definition) is 2. The highest BCUT2D eigenvalue weighted by molar-refractivity contribution is 6.58. The number of unbranched alkanes of at least 4 members (excludes halogenated alkanes) is 4. The molecule has 0 aliphatic rings. The molecule has 0 fully saturated rings. The zero-order valence-corrected chi connectivity index (χ0v) is 25.6. The molecule has 0 radical (unpaired) electrons. The molecule has 0 unspecified atom stereocenters. The lowest BCUT2D eigenvalue weighted by molar-refractivity contribution is 0.426. The van der Waals surface area contributed by atoms with E-state index in [1.165, 1.54) is 83.0 Å². The van der Waals surface area contributed by atoms with Crippen molar-refractivity contribution in [2.24, 2.45) is 0 Å². The summed E-state index contributed by atoms with van der Waals surface area (Å²) in [7, 11) is -1.45. The van der Waals surface area contributed by atoms with Crippen LogP contribution in [0.3, 0.4) is 0 Å². The van der Waals surface area contributed by atoms with Crippen LogP contribution in [0.5, 0.6) is 0 Å². The Balaban J connectivity index is 1.52. The Bertz CT molecular complexity index is 1570. The zero-order chi connectivity index (χ0) is 30.0. The van der Waals surface area contributed by atoms with Gasteiger partial charge in [-0.3, -0.25) is 0 Å². The highest BCUT2D eigenvalue weighted by Crippen LogP contribution is 2.36. The van der Waals surface area contributed by atoms with E-state index in [4.69, 9.17) is 0 Å². The Morgan fingerprint density at radius 3 is 1.33 bits per heavy atom. The van der Waals surface area contributed by atoms with Crippen LogP contribution in [0.4, 0.5) is 0 Å². The fourth-order valence-electron chi connectivity index (χ4n) is 5.91. The minimum atomic E-state index is -1.45. The molecule has 218 valence electrons. The van der Waals surface area contributed by atoms with Crippen molar-refractivity contribution in [3.05, 3.63) is 126 Å². The molecule has 2 nitrogen and oxygen atoms in total. The predicted octanol–water partition coefficient (Wildman–Crippen LogP) is 9.50. The van der Waals surface area contributed by atoms with Crippen LogP contribution in [-0.2, 0) is 12.8 Å². The number of hydrogen-bond donors (Lipinski definition) is 2. The monoisotopic (exact) mass is 566 g/mol. The molecule has 0 heterocycles. The first-order valence-electron chi connectivity index (χ1n) is 16.0. The fourth-order valence-corrected chi connectivity index (χ4v) is 5.91. The van der Waals surface area contributed by atoms with E-state index >= 15 is 0 Å². The van der Waals surface area contributed by atoms with Gasteiger partial charge in [0.1, 0.15) is 0 Å². The Morgan fingerprint density at radius 1 is 0.442 bits per heavy atom. The quantitative estimate of drug-likeness (QED) is 0.110. The summed E-state index contributed by atoms with van der Waals surface area (Å²) in [6.45, 7) is 4.54. The van der Waals surface area contributed by atoms with Crippen molar-refractivity contribution in [1.29, 1.82) is 0 Å². The summed E-state index contributed by atoms with van der Waals surface area (Å²) in [4.78, 5) is 0. The van der Waals surface area contributed by atoms with Crippen molar-refractivity contribution in [2.75, 3.05) is 0 Å². The van der Waals surface area contributed by atoms with E-state index in [1.807, 2.05) is 12.1 Å². The van der Waals surface area contributed by atoms with Crippen molar-refractivity contribution in [3.8, 4) is 44.5 Å². The molecule has 0 bridgehead atoms. The predicted molar refractivity (Wildman–Crippen MR) is 184 cm³/mol. The van der Waals surface area contributed by atoms with Gasteiger partial charge >= 0.3 is 7.12 Å². The van der Waals surface area contributed by atoms with Crippen LogP contribution in [0, 0.1) is 0 Å². The summed E-state index contributed by atoms with van der Waals surface area (Å²) < 4.78 is 0. The molecule has 5 rings (SSSR count). The summed E-state index contributed by atoms with van der Waals surface area (Å²) in [6, 6.07) is 41.0. The fraction of sp³-hybridized carbons (Fsp3) is 0.250. The summed E-state index contributed by atoms with van der Waals surface area (Å²) in [5.74, 6) is 0. The van der Waals surface area contributed by atoms with Crippen LogP contribution in [0.2, 0.25) is 0 Å². The minimum absolute atomic E-state index is 0.502. The highest BCUT2D eigenvalue weighted by Gasteiger charge is 2.15. The maximum absolute atomic E-state index is 9.45. The molecule has 2 N–H and O–H groups in total. The van der Waals surface area contributed by atoms with Gasteiger partial charge < -0.3 is 10.0 Å². The lowest BCUT2D eigenvalue weighted by Crippen LogP contribution is -2.29. The first-order valence-corrected chi connectivity index (χ1v) is 16.0. The van der Waals surface area contributed by atoms with E-state index in [0.717, 1.165) is 24.0 Å². The third-order valence-electron chi connectivity index (χ3n) is 8.47.